The largest absolute Gasteiger partial charge is 1.00 e. The van der Waals surface area contributed by atoms with Gasteiger partial charge in [0, 0.05) is 44.9 Å². The summed E-state index contributed by atoms with van der Waals surface area (Å²) in [6, 6.07) is 0. The number of nitrogens with one attached hydrogen (secondary N) is 1. The Morgan fingerprint density at radius 1 is 0.739 bits per heavy atom. The zero-order valence-electron chi connectivity index (χ0n) is 27.7. The lowest BCUT2D eigenvalue weighted by Crippen LogP contribution is -3.00. The number of amides is 1. The van der Waals surface area contributed by atoms with Crippen LogP contribution in [0.15, 0.2) is 12.4 Å². The first kappa shape index (κ1) is 50.9. The summed E-state index contributed by atoms with van der Waals surface area (Å²) in [5.41, 5.74) is 5.43. The number of carbonyl (C=O) groups is 1. The van der Waals surface area contributed by atoms with E-state index in [2.05, 4.69) is 59.4 Å². The molecule has 0 radical (unpaired) electrons. The predicted molar refractivity (Wildman–Crippen MR) is 148 cm³/mol. The van der Waals surface area contributed by atoms with Crippen molar-refractivity contribution in [1.82, 2.24) is 35.3 Å². The van der Waals surface area contributed by atoms with Gasteiger partial charge < -0.3 is 28.2 Å². The molecule has 0 bridgehead atoms. The van der Waals surface area contributed by atoms with E-state index >= 15 is 0 Å². The molecule has 19 heteroatoms. The van der Waals surface area contributed by atoms with Gasteiger partial charge in [-0.3, -0.25) is 9.36 Å². The van der Waals surface area contributed by atoms with Crippen LogP contribution in [-0.4, -0.2) is 77.4 Å². The van der Waals surface area contributed by atoms with Gasteiger partial charge in [0.15, 0.2) is 0 Å². The van der Waals surface area contributed by atoms with E-state index in [1.165, 1.54) is 0 Å². The van der Waals surface area contributed by atoms with Crippen LogP contribution >= 0.6 is 0 Å². The number of rotatable bonds is 9. The second kappa shape index (κ2) is 29.1. The van der Waals surface area contributed by atoms with E-state index < -0.39 is 5.60 Å². The van der Waals surface area contributed by atoms with Crippen molar-refractivity contribution in [2.24, 2.45) is 14.1 Å². The highest BCUT2D eigenvalue weighted by Crippen LogP contribution is 2.21. The fraction of sp³-hybridized carbons (Fsp3) is 0.667. The first-order valence-corrected chi connectivity index (χ1v) is 13.5. The number of hydrogen-bond donors (Lipinski definition) is 2. The van der Waals surface area contributed by atoms with Gasteiger partial charge >= 0.3 is 30.7 Å². The molecule has 18 nitrogen and oxygen atoms in total. The lowest BCUT2D eigenvalue weighted by atomic mass is 9.88. The number of aromatic nitrogens is 6. The van der Waals surface area contributed by atoms with Crippen LogP contribution in [0.4, 0.5) is 4.79 Å². The molecule has 260 valence electrons. The van der Waals surface area contributed by atoms with Crippen molar-refractivity contribution in [3.63, 3.8) is 0 Å². The van der Waals surface area contributed by atoms with Gasteiger partial charge in [0.1, 0.15) is 5.60 Å². The van der Waals surface area contributed by atoms with Crippen LogP contribution < -0.4 is 23.5 Å². The minimum Gasteiger partial charge on any atom is -1.00 e. The number of halogens is 1. The van der Waals surface area contributed by atoms with Crippen LogP contribution in [-0.2, 0) is 70.0 Å². The Kier molecular flexibility index (Phi) is 32.2. The summed E-state index contributed by atoms with van der Waals surface area (Å²) in [6.07, 6.45) is 9.80. The topological polar surface area (TPSA) is 264 Å². The van der Waals surface area contributed by atoms with Crippen LogP contribution in [0.25, 0.3) is 0 Å². The molecule has 0 spiro atoms. The lowest BCUT2D eigenvalue weighted by Gasteiger charge is -2.33. The van der Waals surface area contributed by atoms with Gasteiger partial charge in [-0.25, -0.2) is 4.79 Å². The van der Waals surface area contributed by atoms with Gasteiger partial charge in [-0.05, 0) is 46.5 Å². The number of hydrogen-bond acceptors (Lipinski definition) is 14. The molecule has 0 aliphatic rings. The van der Waals surface area contributed by atoms with Crippen LogP contribution in [0, 0.1) is 0 Å². The Labute approximate surface area is 273 Å². The number of alkyl carbamates (subject to hydrolysis) is 1. The molecular formula is C27H45ClN8O10. The van der Waals surface area contributed by atoms with Crippen molar-refractivity contribution in [3.05, 3.63) is 23.8 Å². The molecule has 4 N–H and O–H groups in total. The van der Waals surface area contributed by atoms with Crippen molar-refractivity contribution >= 4 is 30.7 Å². The Morgan fingerprint density at radius 2 is 1.07 bits per heavy atom. The van der Waals surface area contributed by atoms with Crippen LogP contribution in [0.2, 0.25) is 0 Å². The Bertz CT molecular complexity index is 1160. The Morgan fingerprint density at radius 3 is 1.30 bits per heavy atom. The summed E-state index contributed by atoms with van der Waals surface area (Å²) >= 11 is 0. The standard InChI is InChI=1S/C14H26N4O2.C9H18N4.4CO2.ClH/c1-7-14(8-2,9-11-10-18(6)17-16-11)15-12(19)20-13(3,4)5;1-4-9(10,5-2)6-8-7-13(3)12-11-8;4*2-1-3;/h10H,7-9H2,1-6H3,(H,15,19);7H,4-6,10H2,1-3H3;;;;;1H. The highest BCUT2D eigenvalue weighted by molar-refractivity contribution is 5.68. The van der Waals surface area contributed by atoms with Crippen molar-refractivity contribution < 1.29 is 66.0 Å². The van der Waals surface area contributed by atoms with E-state index in [4.69, 9.17) is 43.1 Å². The van der Waals surface area contributed by atoms with E-state index in [1.54, 1.807) is 9.36 Å². The fourth-order valence-corrected chi connectivity index (χ4v) is 3.42. The molecule has 46 heavy (non-hydrogen) atoms. The van der Waals surface area contributed by atoms with Crippen molar-refractivity contribution in [2.45, 2.75) is 104 Å². The number of quaternary nitrogens is 1. The number of nitrogens with zero attached hydrogens (tertiary/aromatic N) is 6. The first-order valence-electron chi connectivity index (χ1n) is 13.5. The molecule has 0 atom stereocenters. The number of aryl methyl sites for hydroxylation is 2. The second-order valence-corrected chi connectivity index (χ2v) is 10.3. The molecule has 0 aromatic carbocycles. The number of ether oxygens (including phenoxy) is 1. The molecular weight excluding hydrogens is 632 g/mol. The smallest absolute Gasteiger partial charge is 0.408 e. The third-order valence-corrected chi connectivity index (χ3v) is 6.00. The zero-order chi connectivity index (χ0) is 36.1. The highest BCUT2D eigenvalue weighted by atomic mass is 35.5. The van der Waals surface area contributed by atoms with Crippen molar-refractivity contribution in [2.75, 3.05) is 0 Å². The average molecular weight is 677 g/mol. The summed E-state index contributed by atoms with van der Waals surface area (Å²) in [5, 5.41) is 19.0. The minimum absolute atomic E-state index is 0. The molecule has 2 heterocycles. The Hall–Kier alpha value is -4.68. The maximum absolute atomic E-state index is 12.0. The van der Waals surface area contributed by atoms with E-state index in [0.717, 1.165) is 43.5 Å². The van der Waals surface area contributed by atoms with Gasteiger partial charge in [0.2, 0.25) is 0 Å². The molecule has 0 aliphatic carbocycles. The first-order chi connectivity index (χ1) is 20.9. The van der Waals surface area contributed by atoms with E-state index in [-0.39, 0.29) is 54.2 Å². The average Bonchev–Trinajstić information content (AvgIpc) is 3.55. The molecule has 0 saturated heterocycles. The summed E-state index contributed by atoms with van der Waals surface area (Å²) < 4.78 is 8.75. The third kappa shape index (κ3) is 28.1. The molecule has 2 aromatic heterocycles. The Balaban J connectivity index is -0.000000184. The monoisotopic (exact) mass is 676 g/mol. The van der Waals surface area contributed by atoms with Crippen LogP contribution in [0.1, 0.15) is 85.5 Å². The maximum atomic E-state index is 12.0. The van der Waals surface area contributed by atoms with Crippen molar-refractivity contribution in [1.29, 1.82) is 0 Å². The maximum Gasteiger partial charge on any atom is 0.408 e. The normalized spacial score (nSPS) is 9.43. The van der Waals surface area contributed by atoms with Gasteiger partial charge in [-0.2, -0.15) is 38.4 Å². The highest BCUT2D eigenvalue weighted by Gasteiger charge is 2.31. The molecule has 2 aromatic rings. The molecule has 0 aliphatic heterocycles. The zero-order valence-corrected chi connectivity index (χ0v) is 28.5. The summed E-state index contributed by atoms with van der Waals surface area (Å²) in [6.45, 7) is 14.0. The summed E-state index contributed by atoms with van der Waals surface area (Å²) in [4.78, 5) is 77.0. The molecule has 1 amide bonds. The van der Waals surface area contributed by atoms with Gasteiger partial charge in [-0.15, -0.1) is 10.2 Å². The minimum atomic E-state index is -0.496. The van der Waals surface area contributed by atoms with Crippen LogP contribution in [0.3, 0.4) is 0 Å². The molecule has 0 fully saturated rings. The predicted octanol–water partition coefficient (Wildman–Crippen LogP) is -2.73. The SMILES string of the molecule is CCC(CC)(Cc1cn(C)nn1)NC(=O)OC(C)(C)C.CCC([NH3+])(CC)Cc1cn(C)nn1.O=C=O.O=C=O.O=C=O.O=C=O.[Cl-]. The van der Waals surface area contributed by atoms with E-state index in [1.807, 2.05) is 47.3 Å². The van der Waals surface area contributed by atoms with Crippen molar-refractivity contribution in [3.8, 4) is 0 Å². The summed E-state index contributed by atoms with van der Waals surface area (Å²) in [5.74, 6) is 0. The lowest BCUT2D eigenvalue weighted by molar-refractivity contribution is -0.479. The second-order valence-electron chi connectivity index (χ2n) is 10.3. The fourth-order valence-electron chi connectivity index (χ4n) is 3.42. The molecule has 0 unspecified atom stereocenters. The van der Waals surface area contributed by atoms with E-state index in [0.29, 0.717) is 6.42 Å². The third-order valence-electron chi connectivity index (χ3n) is 6.00. The summed E-state index contributed by atoms with van der Waals surface area (Å²) in [7, 11) is 3.72. The van der Waals surface area contributed by atoms with Gasteiger partial charge in [0.25, 0.3) is 0 Å². The van der Waals surface area contributed by atoms with Gasteiger partial charge in [0.05, 0.1) is 16.9 Å². The molecule has 2 rings (SSSR count). The quantitative estimate of drug-likeness (QED) is 0.273. The number of carbonyl (C=O) groups excluding carboxylic acids is 9. The van der Waals surface area contributed by atoms with E-state index in [9.17, 15) is 4.79 Å². The van der Waals surface area contributed by atoms with Crippen LogP contribution in [0.5, 0.6) is 0 Å². The molecule has 0 saturated carbocycles. The van der Waals surface area contributed by atoms with Gasteiger partial charge in [-0.1, -0.05) is 38.1 Å².